The lowest BCUT2D eigenvalue weighted by molar-refractivity contribution is -0.140. The minimum absolute atomic E-state index is 0.0707. The molecule has 6 nitrogen and oxygen atoms in total. The number of benzene rings is 3. The van der Waals surface area contributed by atoms with Gasteiger partial charge in [0.25, 0.3) is 11.7 Å². The third kappa shape index (κ3) is 4.66. The summed E-state index contributed by atoms with van der Waals surface area (Å²) in [4.78, 5) is 27.8. The summed E-state index contributed by atoms with van der Waals surface area (Å²) < 4.78 is 10.9. The second kappa shape index (κ2) is 10.3. The van der Waals surface area contributed by atoms with E-state index in [4.69, 9.17) is 9.47 Å². The van der Waals surface area contributed by atoms with E-state index in [0.717, 1.165) is 17.5 Å². The first kappa shape index (κ1) is 23.1. The summed E-state index contributed by atoms with van der Waals surface area (Å²) in [5, 5.41) is 11.2. The van der Waals surface area contributed by atoms with Crippen molar-refractivity contribution in [2.75, 3.05) is 13.7 Å². The predicted octanol–water partition coefficient (Wildman–Crippen LogP) is 5.11. The molecule has 6 heteroatoms. The van der Waals surface area contributed by atoms with E-state index in [-0.39, 0.29) is 17.9 Å². The number of carbonyl (C=O) groups is 2. The zero-order valence-corrected chi connectivity index (χ0v) is 19.2. The fraction of sp³-hybridized carbons (Fsp3) is 0.214. The van der Waals surface area contributed by atoms with Crippen LogP contribution in [-0.4, -0.2) is 35.4 Å². The number of aliphatic hydroxyl groups is 1. The average molecular weight is 458 g/mol. The summed E-state index contributed by atoms with van der Waals surface area (Å²) in [5.74, 6) is -0.226. The summed E-state index contributed by atoms with van der Waals surface area (Å²) in [6, 6.07) is 22.8. The standard InChI is InChI=1S/C28H27NO5/c1-3-16-34-22-14-12-21(13-15-22)26(30)24-25(20-9-5-4-6-10-20)29(28(32)27(24)31)18-19-8-7-11-23(17-19)33-2/h4-15,17,25,30H,3,16,18H2,1-2H3/b26-24-. The van der Waals surface area contributed by atoms with Crippen molar-refractivity contribution in [1.82, 2.24) is 4.90 Å². The van der Waals surface area contributed by atoms with Crippen LogP contribution in [-0.2, 0) is 16.1 Å². The van der Waals surface area contributed by atoms with Crippen LogP contribution in [0.5, 0.6) is 11.5 Å². The number of rotatable bonds is 8. The van der Waals surface area contributed by atoms with Crippen LogP contribution >= 0.6 is 0 Å². The Balaban J connectivity index is 1.76. The first-order valence-corrected chi connectivity index (χ1v) is 11.2. The highest BCUT2D eigenvalue weighted by Crippen LogP contribution is 2.40. The molecule has 174 valence electrons. The van der Waals surface area contributed by atoms with Gasteiger partial charge in [-0.15, -0.1) is 0 Å². The van der Waals surface area contributed by atoms with E-state index in [1.165, 1.54) is 4.90 Å². The van der Waals surface area contributed by atoms with E-state index < -0.39 is 17.7 Å². The molecule has 4 rings (SSSR count). The molecule has 1 atom stereocenters. The van der Waals surface area contributed by atoms with Gasteiger partial charge in [-0.25, -0.2) is 0 Å². The molecule has 1 unspecified atom stereocenters. The molecule has 0 radical (unpaired) electrons. The maximum atomic E-state index is 13.2. The number of ether oxygens (including phenoxy) is 2. The molecule has 3 aromatic rings. The van der Waals surface area contributed by atoms with Gasteiger partial charge in [-0.05, 0) is 53.9 Å². The topological polar surface area (TPSA) is 76.1 Å². The Morgan fingerprint density at radius 1 is 0.941 bits per heavy atom. The fourth-order valence-electron chi connectivity index (χ4n) is 4.08. The molecule has 1 aliphatic rings. The first-order chi connectivity index (χ1) is 16.5. The quantitative estimate of drug-likeness (QED) is 0.289. The van der Waals surface area contributed by atoms with Crippen molar-refractivity contribution < 1.29 is 24.2 Å². The van der Waals surface area contributed by atoms with E-state index in [1.807, 2.05) is 61.5 Å². The maximum absolute atomic E-state index is 13.2. The minimum atomic E-state index is -0.719. The molecular weight excluding hydrogens is 430 g/mol. The van der Waals surface area contributed by atoms with Crippen molar-refractivity contribution in [2.45, 2.75) is 25.9 Å². The van der Waals surface area contributed by atoms with Gasteiger partial charge in [0.15, 0.2) is 0 Å². The van der Waals surface area contributed by atoms with Crippen LogP contribution in [0.3, 0.4) is 0 Å². The number of hydrogen-bond acceptors (Lipinski definition) is 5. The normalized spacial score (nSPS) is 17.1. The van der Waals surface area contributed by atoms with Crippen molar-refractivity contribution >= 4 is 17.4 Å². The molecule has 1 amide bonds. The van der Waals surface area contributed by atoms with Gasteiger partial charge in [0, 0.05) is 12.1 Å². The van der Waals surface area contributed by atoms with Crippen LogP contribution in [0, 0.1) is 0 Å². The SMILES string of the molecule is CCCOc1ccc(/C(O)=C2/C(=O)C(=O)N(Cc3cccc(OC)c3)C2c2ccccc2)cc1. The Bertz CT molecular complexity index is 1200. The van der Waals surface area contributed by atoms with Gasteiger partial charge in [-0.3, -0.25) is 9.59 Å². The zero-order chi connectivity index (χ0) is 24.1. The van der Waals surface area contributed by atoms with E-state index in [0.29, 0.717) is 23.7 Å². The highest BCUT2D eigenvalue weighted by atomic mass is 16.5. The smallest absolute Gasteiger partial charge is 0.295 e. The Hall–Kier alpha value is -4.06. The Kier molecular flexibility index (Phi) is 6.97. The molecule has 3 aromatic carbocycles. The Morgan fingerprint density at radius 3 is 2.35 bits per heavy atom. The van der Waals surface area contributed by atoms with Gasteiger partial charge in [0.2, 0.25) is 0 Å². The lowest BCUT2D eigenvalue weighted by Gasteiger charge is -2.25. The molecule has 1 heterocycles. The number of nitrogens with zero attached hydrogens (tertiary/aromatic N) is 1. The number of aliphatic hydroxyl groups excluding tert-OH is 1. The number of Topliss-reactive ketones (excluding diaryl/α,β-unsaturated/α-hetero) is 1. The highest BCUT2D eigenvalue weighted by Gasteiger charge is 2.46. The molecule has 0 aliphatic carbocycles. The van der Waals surface area contributed by atoms with Crippen molar-refractivity contribution in [3.05, 3.63) is 101 Å². The number of amides is 1. The van der Waals surface area contributed by atoms with Crippen molar-refractivity contribution in [1.29, 1.82) is 0 Å². The molecule has 1 aliphatic heterocycles. The second-order valence-corrected chi connectivity index (χ2v) is 8.06. The Morgan fingerprint density at radius 2 is 1.68 bits per heavy atom. The monoisotopic (exact) mass is 457 g/mol. The fourth-order valence-corrected chi connectivity index (χ4v) is 4.08. The van der Waals surface area contributed by atoms with E-state index in [2.05, 4.69) is 0 Å². The molecule has 0 bridgehead atoms. The predicted molar refractivity (Wildman–Crippen MR) is 130 cm³/mol. The zero-order valence-electron chi connectivity index (χ0n) is 19.2. The largest absolute Gasteiger partial charge is 0.507 e. The van der Waals surface area contributed by atoms with Gasteiger partial charge in [-0.1, -0.05) is 49.4 Å². The van der Waals surface area contributed by atoms with Crippen LogP contribution in [0.25, 0.3) is 5.76 Å². The maximum Gasteiger partial charge on any atom is 0.295 e. The number of ketones is 1. The molecule has 1 N–H and O–H groups in total. The summed E-state index contributed by atoms with van der Waals surface area (Å²) in [6.07, 6.45) is 0.884. The number of hydrogen-bond donors (Lipinski definition) is 1. The molecule has 34 heavy (non-hydrogen) atoms. The van der Waals surface area contributed by atoms with Crippen LogP contribution in [0.1, 0.15) is 36.1 Å². The van der Waals surface area contributed by atoms with Gasteiger partial charge >= 0.3 is 0 Å². The summed E-state index contributed by atoms with van der Waals surface area (Å²) in [6.45, 7) is 2.81. The molecule has 1 fully saturated rings. The summed E-state index contributed by atoms with van der Waals surface area (Å²) in [7, 11) is 1.58. The molecule has 1 saturated heterocycles. The molecule has 0 aromatic heterocycles. The van der Waals surface area contributed by atoms with Crippen LogP contribution < -0.4 is 9.47 Å². The van der Waals surface area contributed by atoms with E-state index in [9.17, 15) is 14.7 Å². The molecular formula is C28H27NO5. The third-order valence-corrected chi connectivity index (χ3v) is 5.74. The second-order valence-electron chi connectivity index (χ2n) is 8.06. The van der Waals surface area contributed by atoms with Crippen LogP contribution in [0.4, 0.5) is 0 Å². The van der Waals surface area contributed by atoms with Gasteiger partial charge < -0.3 is 19.5 Å². The molecule has 0 saturated carbocycles. The van der Waals surface area contributed by atoms with E-state index in [1.54, 1.807) is 31.4 Å². The lowest BCUT2D eigenvalue weighted by Crippen LogP contribution is -2.29. The van der Waals surface area contributed by atoms with Gasteiger partial charge in [-0.2, -0.15) is 0 Å². The highest BCUT2D eigenvalue weighted by molar-refractivity contribution is 6.46. The molecule has 0 spiro atoms. The Labute approximate surface area is 199 Å². The van der Waals surface area contributed by atoms with E-state index >= 15 is 0 Å². The van der Waals surface area contributed by atoms with Gasteiger partial charge in [0.1, 0.15) is 17.3 Å². The lowest BCUT2D eigenvalue weighted by atomic mass is 9.95. The third-order valence-electron chi connectivity index (χ3n) is 5.74. The van der Waals surface area contributed by atoms with Crippen molar-refractivity contribution in [3.63, 3.8) is 0 Å². The summed E-state index contributed by atoms with van der Waals surface area (Å²) >= 11 is 0. The van der Waals surface area contributed by atoms with Gasteiger partial charge in [0.05, 0.1) is 25.3 Å². The number of likely N-dealkylation sites (tertiary alicyclic amines) is 1. The average Bonchev–Trinajstić information content (AvgIpc) is 3.13. The number of carbonyl (C=O) groups excluding carboxylic acids is 2. The van der Waals surface area contributed by atoms with Crippen LogP contribution in [0.2, 0.25) is 0 Å². The van der Waals surface area contributed by atoms with Crippen molar-refractivity contribution in [3.8, 4) is 11.5 Å². The minimum Gasteiger partial charge on any atom is -0.507 e. The number of methoxy groups -OCH3 is 1. The van der Waals surface area contributed by atoms with Crippen LogP contribution in [0.15, 0.2) is 84.4 Å². The summed E-state index contributed by atoms with van der Waals surface area (Å²) in [5.41, 5.74) is 2.08. The first-order valence-electron chi connectivity index (χ1n) is 11.2. The van der Waals surface area contributed by atoms with Crippen molar-refractivity contribution in [2.24, 2.45) is 0 Å².